The van der Waals surface area contributed by atoms with Gasteiger partial charge in [0.2, 0.25) is 5.43 Å². The highest BCUT2D eigenvalue weighted by molar-refractivity contribution is 5.86. The molecule has 11 nitrogen and oxygen atoms in total. The normalized spacial score (nSPS) is 24.0. The molecule has 2 aromatic carbocycles. The van der Waals surface area contributed by atoms with Gasteiger partial charge in [0.25, 0.3) is 0 Å². The fourth-order valence-electron chi connectivity index (χ4n) is 4.12. The largest absolute Gasteiger partial charge is 0.508 e. The van der Waals surface area contributed by atoms with E-state index in [9.17, 15) is 35.1 Å². The summed E-state index contributed by atoms with van der Waals surface area (Å²) in [5.41, 5.74) is 0.198. The van der Waals surface area contributed by atoms with E-state index in [4.69, 9.17) is 18.6 Å². The Kier molecular flexibility index (Phi) is 7.57. The summed E-state index contributed by atoms with van der Waals surface area (Å²) in [4.78, 5) is 25.2. The van der Waals surface area contributed by atoms with Crippen molar-refractivity contribution in [2.24, 2.45) is 0 Å². The molecule has 192 valence electrons. The highest BCUT2D eigenvalue weighted by Crippen LogP contribution is 2.41. The van der Waals surface area contributed by atoms with Crippen LogP contribution in [0.1, 0.15) is 18.6 Å². The molecule has 36 heavy (non-hydrogen) atoms. The zero-order chi connectivity index (χ0) is 26.0. The Morgan fingerprint density at radius 3 is 2.42 bits per heavy atom. The molecule has 0 spiro atoms. The quantitative estimate of drug-likeness (QED) is 0.286. The van der Waals surface area contributed by atoms with Gasteiger partial charge >= 0.3 is 5.97 Å². The molecule has 4 rings (SSSR count). The number of phenolic OH excluding ortho intramolecular Hbond substituents is 1. The van der Waals surface area contributed by atoms with Crippen LogP contribution in [-0.2, 0) is 14.3 Å². The lowest BCUT2D eigenvalue weighted by Gasteiger charge is -2.40. The van der Waals surface area contributed by atoms with E-state index in [1.165, 1.54) is 30.5 Å². The highest BCUT2D eigenvalue weighted by atomic mass is 16.6. The number of carbonyl (C=O) groups excluding carboxylic acids is 1. The van der Waals surface area contributed by atoms with Gasteiger partial charge in [0.05, 0.1) is 29.7 Å². The van der Waals surface area contributed by atoms with Gasteiger partial charge < -0.3 is 44.2 Å². The van der Waals surface area contributed by atoms with Crippen molar-refractivity contribution in [1.29, 1.82) is 0 Å². The van der Waals surface area contributed by atoms with E-state index < -0.39 is 55.1 Å². The molecule has 1 aliphatic rings. The van der Waals surface area contributed by atoms with Gasteiger partial charge in [-0.2, -0.15) is 0 Å². The molecule has 1 aromatic heterocycles. The first kappa shape index (κ1) is 25.6. The van der Waals surface area contributed by atoms with E-state index in [1.54, 1.807) is 19.1 Å². The maximum atomic E-state index is 13.4. The predicted octanol–water partition coefficient (Wildman–Crippen LogP) is 0.622. The van der Waals surface area contributed by atoms with Gasteiger partial charge in [-0.05, 0) is 36.8 Å². The summed E-state index contributed by atoms with van der Waals surface area (Å²) in [5, 5.41) is 50.5. The first-order valence-electron chi connectivity index (χ1n) is 11.2. The van der Waals surface area contributed by atoms with E-state index in [0.717, 1.165) is 0 Å². The van der Waals surface area contributed by atoms with Gasteiger partial charge in [0.1, 0.15) is 53.9 Å². The Hall–Kier alpha value is -3.48. The first-order chi connectivity index (χ1) is 17.3. The minimum absolute atomic E-state index is 0.000385. The Bertz CT molecular complexity index is 1280. The monoisotopic (exact) mass is 502 g/mol. The van der Waals surface area contributed by atoms with Crippen molar-refractivity contribution in [1.82, 2.24) is 0 Å². The standard InChI is InChI=1S/C25H26O11/c1-2-33-18(28)11-34-16-8-7-14-20(29)15(12-3-5-13(27)6-4-12)10-35-24(14)19(16)25-23(32)22(31)21(30)17(9-26)36-25/h3-8,10,17,21-23,25-27,30-32H,2,9,11H2,1H3/t17-,21-,22+,23-,25+/m1/s1. The zero-order valence-corrected chi connectivity index (χ0v) is 19.2. The molecule has 5 atom stereocenters. The smallest absolute Gasteiger partial charge is 0.344 e. The number of aromatic hydroxyl groups is 1. The van der Waals surface area contributed by atoms with Gasteiger partial charge in [0, 0.05) is 0 Å². The molecule has 11 heteroatoms. The Balaban J connectivity index is 1.86. The minimum atomic E-state index is -1.70. The maximum absolute atomic E-state index is 13.4. The van der Waals surface area contributed by atoms with Crippen LogP contribution in [0.5, 0.6) is 11.5 Å². The van der Waals surface area contributed by atoms with Crippen molar-refractivity contribution in [2.45, 2.75) is 37.4 Å². The molecule has 1 aliphatic heterocycles. The summed E-state index contributed by atoms with van der Waals surface area (Å²) in [6, 6.07) is 8.73. The molecule has 0 unspecified atom stereocenters. The summed E-state index contributed by atoms with van der Waals surface area (Å²) in [7, 11) is 0. The third kappa shape index (κ3) is 4.79. The van der Waals surface area contributed by atoms with Crippen LogP contribution in [0.15, 0.2) is 51.9 Å². The van der Waals surface area contributed by atoms with E-state index in [1.807, 2.05) is 0 Å². The predicted molar refractivity (Wildman–Crippen MR) is 124 cm³/mol. The molecular weight excluding hydrogens is 476 g/mol. The number of phenols is 1. The number of esters is 1. The van der Waals surface area contributed by atoms with Crippen LogP contribution in [0.3, 0.4) is 0 Å². The van der Waals surface area contributed by atoms with Crippen molar-refractivity contribution >= 4 is 16.9 Å². The first-order valence-corrected chi connectivity index (χ1v) is 11.2. The molecule has 0 radical (unpaired) electrons. The van der Waals surface area contributed by atoms with Crippen molar-refractivity contribution in [3.05, 3.63) is 58.4 Å². The second kappa shape index (κ2) is 10.6. The van der Waals surface area contributed by atoms with Gasteiger partial charge in [-0.3, -0.25) is 4.79 Å². The third-order valence-corrected chi connectivity index (χ3v) is 5.95. The van der Waals surface area contributed by atoms with Crippen LogP contribution in [0.25, 0.3) is 22.1 Å². The van der Waals surface area contributed by atoms with Gasteiger partial charge in [0.15, 0.2) is 6.61 Å². The molecule has 3 aromatic rings. The van der Waals surface area contributed by atoms with Gasteiger partial charge in [-0.25, -0.2) is 4.79 Å². The van der Waals surface area contributed by atoms with Crippen molar-refractivity contribution in [2.75, 3.05) is 19.8 Å². The molecule has 0 amide bonds. The van der Waals surface area contributed by atoms with Crippen LogP contribution in [0.2, 0.25) is 0 Å². The van der Waals surface area contributed by atoms with E-state index in [2.05, 4.69) is 0 Å². The number of aliphatic hydroxyl groups excluding tert-OH is 4. The van der Waals surface area contributed by atoms with Crippen molar-refractivity contribution < 1.29 is 49.0 Å². The van der Waals surface area contributed by atoms with Crippen LogP contribution < -0.4 is 10.2 Å². The SMILES string of the molecule is CCOC(=O)COc1ccc2c(=O)c(-c3ccc(O)cc3)coc2c1[C@@H]1O[C@H](CO)[C@@H](O)[C@H](O)[C@H]1O. The van der Waals surface area contributed by atoms with Crippen LogP contribution in [0.4, 0.5) is 0 Å². The van der Waals surface area contributed by atoms with Crippen LogP contribution >= 0.6 is 0 Å². The number of hydrogen-bond donors (Lipinski definition) is 5. The Morgan fingerprint density at radius 1 is 1.03 bits per heavy atom. The Labute approximate surface area is 204 Å². The Morgan fingerprint density at radius 2 is 1.75 bits per heavy atom. The molecule has 1 fully saturated rings. The topological polar surface area (TPSA) is 176 Å². The third-order valence-electron chi connectivity index (χ3n) is 5.95. The summed E-state index contributed by atoms with van der Waals surface area (Å²) >= 11 is 0. The van der Waals surface area contributed by atoms with Crippen molar-refractivity contribution in [3.8, 4) is 22.6 Å². The summed E-state index contributed by atoms with van der Waals surface area (Å²) < 4.78 is 22.0. The second-order valence-corrected chi connectivity index (χ2v) is 8.22. The lowest BCUT2D eigenvalue weighted by Crippen LogP contribution is -2.55. The molecule has 0 aliphatic carbocycles. The van der Waals surface area contributed by atoms with E-state index in [-0.39, 0.29) is 40.2 Å². The molecule has 5 N–H and O–H groups in total. The molecule has 2 heterocycles. The lowest BCUT2D eigenvalue weighted by atomic mass is 9.89. The van der Waals surface area contributed by atoms with Crippen molar-refractivity contribution in [3.63, 3.8) is 0 Å². The number of carbonyl (C=O) groups is 1. The lowest BCUT2D eigenvalue weighted by molar-refractivity contribution is -0.231. The van der Waals surface area contributed by atoms with E-state index >= 15 is 0 Å². The minimum Gasteiger partial charge on any atom is -0.508 e. The maximum Gasteiger partial charge on any atom is 0.344 e. The number of rotatable bonds is 7. The van der Waals surface area contributed by atoms with Gasteiger partial charge in [-0.1, -0.05) is 12.1 Å². The highest BCUT2D eigenvalue weighted by Gasteiger charge is 2.46. The summed E-state index contributed by atoms with van der Waals surface area (Å²) in [5.74, 6) is -0.640. The average Bonchev–Trinajstić information content (AvgIpc) is 2.87. The molecule has 1 saturated heterocycles. The molecule has 0 bridgehead atoms. The van der Waals surface area contributed by atoms with E-state index in [0.29, 0.717) is 5.56 Å². The fraction of sp³-hybridized carbons (Fsp3) is 0.360. The number of aliphatic hydroxyl groups is 4. The number of hydrogen-bond acceptors (Lipinski definition) is 11. The summed E-state index contributed by atoms with van der Waals surface area (Å²) in [6.45, 7) is 0.599. The van der Waals surface area contributed by atoms with Crippen LogP contribution in [0, 0.1) is 0 Å². The molecular formula is C25H26O11. The number of ether oxygens (including phenoxy) is 3. The van der Waals surface area contributed by atoms with Gasteiger partial charge in [-0.15, -0.1) is 0 Å². The zero-order valence-electron chi connectivity index (χ0n) is 19.2. The summed E-state index contributed by atoms with van der Waals surface area (Å²) in [6.07, 6.45) is -6.43. The second-order valence-electron chi connectivity index (χ2n) is 8.22. The van der Waals surface area contributed by atoms with Crippen LogP contribution in [-0.4, -0.2) is 75.7 Å². The molecule has 0 saturated carbocycles. The fourth-order valence-corrected chi connectivity index (χ4v) is 4.12. The number of benzene rings is 2. The number of fused-ring (bicyclic) bond motifs is 1. The average molecular weight is 502 g/mol.